The fraction of sp³-hybridized carbons (Fsp3) is 0.654. The molecule has 0 spiro atoms. The number of hydrogen-bond donors (Lipinski definition) is 3. The van der Waals surface area contributed by atoms with Gasteiger partial charge in [0.25, 0.3) is 0 Å². The second-order valence-corrected chi connectivity index (χ2v) is 8.42. The van der Waals surface area contributed by atoms with Gasteiger partial charge in [0.1, 0.15) is 0 Å². The molecule has 4 nitrogen and oxygen atoms in total. The van der Waals surface area contributed by atoms with Crippen LogP contribution in [-0.4, -0.2) is 21.3 Å². The molecular weight excluding hydrogens is 376 g/mol. The van der Waals surface area contributed by atoms with Crippen LogP contribution in [0.25, 0.3) is 6.08 Å². The van der Waals surface area contributed by atoms with E-state index >= 15 is 0 Å². The number of carboxylic acids is 1. The van der Waals surface area contributed by atoms with Crippen LogP contribution in [0.3, 0.4) is 0 Å². The fourth-order valence-electron chi connectivity index (χ4n) is 3.76. The predicted octanol–water partition coefficient (Wildman–Crippen LogP) is 7.83. The van der Waals surface area contributed by atoms with E-state index in [1.54, 1.807) is 12.1 Å². The molecule has 0 saturated heterocycles. The van der Waals surface area contributed by atoms with E-state index in [1.807, 2.05) is 0 Å². The Morgan fingerprint density at radius 1 is 0.733 bits per heavy atom. The van der Waals surface area contributed by atoms with Gasteiger partial charge in [0.15, 0.2) is 11.5 Å². The Labute approximate surface area is 183 Å². The van der Waals surface area contributed by atoms with Crippen LogP contribution in [0, 0.1) is 0 Å². The highest BCUT2D eigenvalue weighted by molar-refractivity contribution is 5.92. The molecule has 0 aliphatic rings. The lowest BCUT2D eigenvalue weighted by atomic mass is 10.0. The van der Waals surface area contributed by atoms with E-state index in [1.165, 1.54) is 89.2 Å². The minimum Gasteiger partial charge on any atom is -0.504 e. The minimum absolute atomic E-state index is 0.202. The Hall–Kier alpha value is -1.97. The molecule has 0 radical (unpaired) electrons. The van der Waals surface area contributed by atoms with Crippen LogP contribution >= 0.6 is 0 Å². The number of carboxylic acid groups (broad SMARTS) is 1. The van der Waals surface area contributed by atoms with Crippen LogP contribution < -0.4 is 0 Å². The number of benzene rings is 1. The highest BCUT2D eigenvalue weighted by atomic mass is 16.4. The van der Waals surface area contributed by atoms with E-state index in [9.17, 15) is 20.1 Å². The van der Waals surface area contributed by atoms with E-state index in [-0.39, 0.29) is 11.5 Å². The third kappa shape index (κ3) is 12.6. The van der Waals surface area contributed by atoms with Gasteiger partial charge >= 0.3 is 5.97 Å². The SMILES string of the molecule is CCCCCCCCCCCCCCCCC/C(=C\c1ccc(O)c(O)c1)C(=O)O. The molecule has 0 fully saturated rings. The first-order valence-corrected chi connectivity index (χ1v) is 12.0. The number of phenols is 2. The summed E-state index contributed by atoms with van der Waals surface area (Å²) in [6, 6.07) is 4.35. The number of carbonyl (C=O) groups is 1. The third-order valence-electron chi connectivity index (χ3n) is 5.66. The summed E-state index contributed by atoms with van der Waals surface area (Å²) in [6.07, 6.45) is 21.4. The standard InChI is InChI=1S/C26H42O4/c1-2-3-4-5-6-7-8-9-10-11-12-13-14-15-16-17-23(26(29)30)20-22-18-19-24(27)25(28)21-22/h18-21,27-28H,2-17H2,1H3,(H,29,30)/b23-20+. The van der Waals surface area contributed by atoms with Gasteiger partial charge in [-0.2, -0.15) is 0 Å². The van der Waals surface area contributed by atoms with Gasteiger partial charge in [-0.05, 0) is 36.6 Å². The quantitative estimate of drug-likeness (QED) is 0.129. The summed E-state index contributed by atoms with van der Waals surface area (Å²) < 4.78 is 0. The molecule has 0 unspecified atom stereocenters. The highest BCUT2D eigenvalue weighted by Gasteiger charge is 2.08. The van der Waals surface area contributed by atoms with Crippen molar-refractivity contribution in [3.63, 3.8) is 0 Å². The average Bonchev–Trinajstić information content (AvgIpc) is 2.72. The molecule has 0 aliphatic carbocycles. The smallest absolute Gasteiger partial charge is 0.331 e. The zero-order valence-corrected chi connectivity index (χ0v) is 18.9. The maximum atomic E-state index is 11.5. The predicted molar refractivity (Wildman–Crippen MR) is 125 cm³/mol. The van der Waals surface area contributed by atoms with Crippen molar-refractivity contribution in [3.05, 3.63) is 29.3 Å². The molecule has 0 amide bonds. The Kier molecular flexibility index (Phi) is 14.6. The van der Waals surface area contributed by atoms with Crippen molar-refractivity contribution in [1.29, 1.82) is 0 Å². The van der Waals surface area contributed by atoms with Crippen molar-refractivity contribution in [3.8, 4) is 11.5 Å². The summed E-state index contributed by atoms with van der Waals surface area (Å²) in [5.41, 5.74) is 0.929. The maximum absolute atomic E-state index is 11.5. The molecule has 0 atom stereocenters. The zero-order valence-electron chi connectivity index (χ0n) is 18.9. The number of rotatable bonds is 18. The van der Waals surface area contributed by atoms with E-state index in [0.29, 0.717) is 17.6 Å². The van der Waals surface area contributed by atoms with Gasteiger partial charge in [0.05, 0.1) is 0 Å². The Balaban J connectivity index is 2.06. The van der Waals surface area contributed by atoms with E-state index in [2.05, 4.69) is 6.92 Å². The van der Waals surface area contributed by atoms with Gasteiger partial charge in [-0.1, -0.05) is 103 Å². The van der Waals surface area contributed by atoms with Crippen molar-refractivity contribution < 1.29 is 20.1 Å². The van der Waals surface area contributed by atoms with Gasteiger partial charge in [-0.3, -0.25) is 0 Å². The third-order valence-corrected chi connectivity index (χ3v) is 5.66. The molecule has 0 aromatic heterocycles. The Bertz CT molecular complexity index is 621. The Morgan fingerprint density at radius 2 is 1.20 bits per heavy atom. The lowest BCUT2D eigenvalue weighted by Gasteiger charge is -2.05. The van der Waals surface area contributed by atoms with Crippen LogP contribution in [0.4, 0.5) is 0 Å². The number of phenolic OH excluding ortho intramolecular Hbond substituents is 2. The first-order chi connectivity index (χ1) is 14.5. The minimum atomic E-state index is -0.923. The van der Waals surface area contributed by atoms with Crippen LogP contribution in [0.1, 0.15) is 115 Å². The van der Waals surface area contributed by atoms with Gasteiger partial charge in [-0.15, -0.1) is 0 Å². The maximum Gasteiger partial charge on any atom is 0.331 e. The summed E-state index contributed by atoms with van der Waals surface area (Å²) in [7, 11) is 0. The average molecular weight is 419 g/mol. The number of aliphatic carboxylic acids is 1. The molecule has 1 aromatic rings. The van der Waals surface area contributed by atoms with E-state index in [0.717, 1.165) is 19.3 Å². The van der Waals surface area contributed by atoms with Crippen LogP contribution in [0.5, 0.6) is 11.5 Å². The first-order valence-electron chi connectivity index (χ1n) is 12.0. The summed E-state index contributed by atoms with van der Waals surface area (Å²) in [6.45, 7) is 2.26. The summed E-state index contributed by atoms with van der Waals surface area (Å²) in [5.74, 6) is -1.36. The van der Waals surface area contributed by atoms with E-state index < -0.39 is 5.97 Å². The van der Waals surface area contributed by atoms with Gasteiger partial charge in [0, 0.05) is 5.57 Å². The summed E-state index contributed by atoms with van der Waals surface area (Å²) >= 11 is 0. The van der Waals surface area contributed by atoms with Crippen LogP contribution in [0.2, 0.25) is 0 Å². The van der Waals surface area contributed by atoms with Crippen LogP contribution in [-0.2, 0) is 4.79 Å². The monoisotopic (exact) mass is 418 g/mol. The lowest BCUT2D eigenvalue weighted by molar-refractivity contribution is -0.132. The van der Waals surface area contributed by atoms with Crippen LogP contribution in [0.15, 0.2) is 23.8 Å². The van der Waals surface area contributed by atoms with Crippen molar-refractivity contribution in [2.75, 3.05) is 0 Å². The molecule has 4 heteroatoms. The first kappa shape index (κ1) is 26.1. The molecule has 1 aromatic carbocycles. The fourth-order valence-corrected chi connectivity index (χ4v) is 3.76. The van der Waals surface area contributed by atoms with Crippen molar-refractivity contribution in [2.45, 2.75) is 110 Å². The molecule has 170 valence electrons. The largest absolute Gasteiger partial charge is 0.504 e. The molecule has 1 rings (SSSR count). The van der Waals surface area contributed by atoms with Gasteiger partial charge < -0.3 is 15.3 Å². The zero-order chi connectivity index (χ0) is 22.0. The normalized spacial score (nSPS) is 11.7. The number of aromatic hydroxyl groups is 2. The van der Waals surface area contributed by atoms with Crippen molar-refractivity contribution in [2.24, 2.45) is 0 Å². The van der Waals surface area contributed by atoms with Gasteiger partial charge in [-0.25, -0.2) is 4.79 Å². The second-order valence-electron chi connectivity index (χ2n) is 8.42. The summed E-state index contributed by atoms with van der Waals surface area (Å²) in [5, 5.41) is 28.3. The van der Waals surface area contributed by atoms with Gasteiger partial charge in [0.2, 0.25) is 0 Å². The van der Waals surface area contributed by atoms with Crippen molar-refractivity contribution in [1.82, 2.24) is 0 Å². The van der Waals surface area contributed by atoms with E-state index in [4.69, 9.17) is 0 Å². The molecule has 3 N–H and O–H groups in total. The molecule has 0 saturated carbocycles. The summed E-state index contributed by atoms with van der Waals surface area (Å²) in [4.78, 5) is 11.5. The van der Waals surface area contributed by atoms with Crippen molar-refractivity contribution >= 4 is 12.0 Å². The lowest BCUT2D eigenvalue weighted by Crippen LogP contribution is -2.00. The topological polar surface area (TPSA) is 77.8 Å². The number of hydrogen-bond acceptors (Lipinski definition) is 3. The molecule has 0 heterocycles. The molecule has 30 heavy (non-hydrogen) atoms. The Morgan fingerprint density at radius 3 is 1.63 bits per heavy atom. The molecular formula is C26H42O4. The highest BCUT2D eigenvalue weighted by Crippen LogP contribution is 2.26. The second kappa shape index (κ2) is 16.8. The molecule has 0 aliphatic heterocycles. The number of unbranched alkanes of at least 4 members (excludes halogenated alkanes) is 14. The molecule has 0 bridgehead atoms.